The first-order valence-corrected chi connectivity index (χ1v) is 5.19. The molecule has 1 aromatic carbocycles. The molecule has 86 valence electrons. The standard InChI is InChI=1S/C12H14ClNO2/c1-8(6-12(15)16-2)5-9-7-10(14)3-4-11(9)13/h3-5,7H,6,14H2,1-2H3. The van der Waals surface area contributed by atoms with Gasteiger partial charge in [-0.05, 0) is 30.7 Å². The smallest absolute Gasteiger partial charge is 0.309 e. The van der Waals surface area contributed by atoms with Crippen LogP contribution >= 0.6 is 11.6 Å². The lowest BCUT2D eigenvalue weighted by molar-refractivity contribution is -0.139. The zero-order chi connectivity index (χ0) is 12.1. The summed E-state index contributed by atoms with van der Waals surface area (Å²) in [7, 11) is 1.36. The fraction of sp³-hybridized carbons (Fsp3) is 0.250. The Hall–Kier alpha value is -1.48. The molecule has 3 nitrogen and oxygen atoms in total. The third-order valence-electron chi connectivity index (χ3n) is 2.07. The molecule has 4 heteroatoms. The topological polar surface area (TPSA) is 52.3 Å². The number of rotatable bonds is 3. The van der Waals surface area contributed by atoms with Gasteiger partial charge in [-0.2, -0.15) is 0 Å². The van der Waals surface area contributed by atoms with Crippen LogP contribution in [0.25, 0.3) is 6.08 Å². The van der Waals surface area contributed by atoms with Crippen LogP contribution in [0.1, 0.15) is 18.9 Å². The maximum atomic E-state index is 11.0. The lowest BCUT2D eigenvalue weighted by atomic mass is 10.1. The Balaban J connectivity index is 2.89. The second-order valence-corrected chi connectivity index (χ2v) is 3.93. The van der Waals surface area contributed by atoms with Crippen molar-refractivity contribution in [3.8, 4) is 0 Å². The molecular formula is C12H14ClNO2. The molecule has 16 heavy (non-hydrogen) atoms. The molecule has 2 N–H and O–H groups in total. The van der Waals surface area contributed by atoms with Gasteiger partial charge in [0.1, 0.15) is 0 Å². The van der Waals surface area contributed by atoms with E-state index in [1.54, 1.807) is 18.2 Å². The number of nitrogens with two attached hydrogens (primary N) is 1. The highest BCUT2D eigenvalue weighted by molar-refractivity contribution is 6.32. The molecule has 0 saturated carbocycles. The van der Waals surface area contributed by atoms with Gasteiger partial charge < -0.3 is 10.5 Å². The van der Waals surface area contributed by atoms with E-state index in [1.807, 2.05) is 13.0 Å². The third-order valence-corrected chi connectivity index (χ3v) is 2.42. The van der Waals surface area contributed by atoms with Crippen LogP contribution in [0.4, 0.5) is 5.69 Å². The Morgan fingerprint density at radius 3 is 2.88 bits per heavy atom. The molecular weight excluding hydrogens is 226 g/mol. The van der Waals surface area contributed by atoms with Gasteiger partial charge in [0.25, 0.3) is 0 Å². The van der Waals surface area contributed by atoms with Gasteiger partial charge in [-0.25, -0.2) is 0 Å². The fourth-order valence-corrected chi connectivity index (χ4v) is 1.46. The van der Waals surface area contributed by atoms with Crippen LogP contribution in [0.5, 0.6) is 0 Å². The van der Waals surface area contributed by atoms with Crippen molar-refractivity contribution in [1.82, 2.24) is 0 Å². The van der Waals surface area contributed by atoms with E-state index in [0.29, 0.717) is 10.7 Å². The molecule has 0 aliphatic heterocycles. The molecule has 0 amide bonds. The summed E-state index contributed by atoms with van der Waals surface area (Å²) in [4.78, 5) is 11.0. The van der Waals surface area contributed by atoms with Crippen molar-refractivity contribution in [1.29, 1.82) is 0 Å². The number of nitrogen functional groups attached to an aromatic ring is 1. The Morgan fingerprint density at radius 2 is 2.25 bits per heavy atom. The highest BCUT2D eigenvalue weighted by atomic mass is 35.5. The lowest BCUT2D eigenvalue weighted by Gasteiger charge is -2.03. The molecule has 1 aromatic rings. The number of ether oxygens (including phenoxy) is 1. The third kappa shape index (κ3) is 3.59. The average molecular weight is 240 g/mol. The number of methoxy groups -OCH3 is 1. The summed E-state index contributed by atoms with van der Waals surface area (Å²) >= 11 is 5.99. The number of halogens is 1. The van der Waals surface area contributed by atoms with Gasteiger partial charge in [0.15, 0.2) is 0 Å². The zero-order valence-corrected chi connectivity index (χ0v) is 10.0. The molecule has 0 heterocycles. The van der Waals surface area contributed by atoms with Gasteiger partial charge in [0.2, 0.25) is 0 Å². The van der Waals surface area contributed by atoms with Crippen molar-refractivity contribution in [3.05, 3.63) is 34.4 Å². The molecule has 0 spiro atoms. The Bertz CT molecular complexity index is 427. The van der Waals surface area contributed by atoms with E-state index in [0.717, 1.165) is 11.1 Å². The van der Waals surface area contributed by atoms with Crippen LogP contribution in [-0.2, 0) is 9.53 Å². The van der Waals surface area contributed by atoms with Gasteiger partial charge in [-0.3, -0.25) is 4.79 Å². The highest BCUT2D eigenvalue weighted by Gasteiger charge is 2.03. The van der Waals surface area contributed by atoms with Gasteiger partial charge in [0, 0.05) is 10.7 Å². The van der Waals surface area contributed by atoms with Gasteiger partial charge >= 0.3 is 5.97 Å². The summed E-state index contributed by atoms with van der Waals surface area (Å²) in [5.41, 5.74) is 7.97. The van der Waals surface area contributed by atoms with Crippen LogP contribution in [0.15, 0.2) is 23.8 Å². The van der Waals surface area contributed by atoms with E-state index < -0.39 is 0 Å². The van der Waals surface area contributed by atoms with Crippen molar-refractivity contribution in [3.63, 3.8) is 0 Å². The largest absolute Gasteiger partial charge is 0.469 e. The SMILES string of the molecule is COC(=O)CC(C)=Cc1cc(N)ccc1Cl. The van der Waals surface area contributed by atoms with E-state index >= 15 is 0 Å². The highest BCUT2D eigenvalue weighted by Crippen LogP contribution is 2.22. The number of anilines is 1. The van der Waals surface area contributed by atoms with Gasteiger partial charge in [0.05, 0.1) is 13.5 Å². The van der Waals surface area contributed by atoms with Gasteiger partial charge in [-0.1, -0.05) is 23.3 Å². The predicted octanol–water partition coefficient (Wildman–Crippen LogP) is 2.89. The van der Waals surface area contributed by atoms with E-state index in [2.05, 4.69) is 4.74 Å². The Kier molecular flexibility index (Phi) is 4.38. The van der Waals surface area contributed by atoms with E-state index in [4.69, 9.17) is 17.3 Å². The molecule has 0 radical (unpaired) electrons. The van der Waals surface area contributed by atoms with Crippen LogP contribution in [0.2, 0.25) is 5.02 Å². The Labute approximate surface area is 99.8 Å². The molecule has 0 aliphatic carbocycles. The lowest BCUT2D eigenvalue weighted by Crippen LogP contribution is -2.00. The van der Waals surface area contributed by atoms with Crippen LogP contribution in [0.3, 0.4) is 0 Å². The maximum absolute atomic E-state index is 11.0. The Morgan fingerprint density at radius 1 is 1.56 bits per heavy atom. The summed E-state index contributed by atoms with van der Waals surface area (Å²) in [5, 5.41) is 0.610. The van der Waals surface area contributed by atoms with Crippen molar-refractivity contribution in [2.75, 3.05) is 12.8 Å². The number of carbonyl (C=O) groups is 1. The van der Waals surface area contributed by atoms with Crippen LogP contribution < -0.4 is 5.73 Å². The number of hydrogen-bond acceptors (Lipinski definition) is 3. The first-order valence-electron chi connectivity index (χ1n) is 4.82. The normalized spacial score (nSPS) is 11.3. The van der Waals surface area contributed by atoms with E-state index in [9.17, 15) is 4.79 Å². The van der Waals surface area contributed by atoms with Crippen molar-refractivity contribution in [2.24, 2.45) is 0 Å². The van der Waals surface area contributed by atoms with Crippen molar-refractivity contribution < 1.29 is 9.53 Å². The monoisotopic (exact) mass is 239 g/mol. The van der Waals surface area contributed by atoms with Crippen LogP contribution in [0, 0.1) is 0 Å². The second kappa shape index (κ2) is 5.56. The minimum atomic E-state index is -0.270. The van der Waals surface area contributed by atoms with Crippen molar-refractivity contribution >= 4 is 29.3 Å². The predicted molar refractivity (Wildman–Crippen MR) is 66.1 cm³/mol. The molecule has 1 rings (SSSR count). The molecule has 0 aromatic heterocycles. The van der Waals surface area contributed by atoms with E-state index in [1.165, 1.54) is 7.11 Å². The first-order chi connectivity index (χ1) is 7.52. The molecule has 0 atom stereocenters. The molecule has 0 saturated heterocycles. The molecule has 0 fully saturated rings. The quantitative estimate of drug-likeness (QED) is 0.652. The van der Waals surface area contributed by atoms with Crippen molar-refractivity contribution in [2.45, 2.75) is 13.3 Å². The fourth-order valence-electron chi connectivity index (χ4n) is 1.29. The number of esters is 1. The molecule has 0 unspecified atom stereocenters. The number of benzene rings is 1. The summed E-state index contributed by atoms with van der Waals surface area (Å²) in [5.74, 6) is -0.270. The maximum Gasteiger partial charge on any atom is 0.309 e. The minimum Gasteiger partial charge on any atom is -0.469 e. The average Bonchev–Trinajstić information content (AvgIpc) is 2.23. The molecule has 0 bridgehead atoms. The summed E-state index contributed by atoms with van der Waals surface area (Å²) < 4.78 is 4.58. The van der Waals surface area contributed by atoms with E-state index in [-0.39, 0.29) is 12.4 Å². The van der Waals surface area contributed by atoms with Crippen LogP contribution in [-0.4, -0.2) is 13.1 Å². The second-order valence-electron chi connectivity index (χ2n) is 3.52. The summed E-state index contributed by atoms with van der Waals surface area (Å²) in [6.07, 6.45) is 2.08. The minimum absolute atomic E-state index is 0.252. The number of hydrogen-bond donors (Lipinski definition) is 1. The number of carbonyl (C=O) groups excluding carboxylic acids is 1. The molecule has 0 aliphatic rings. The zero-order valence-electron chi connectivity index (χ0n) is 9.29. The van der Waals surface area contributed by atoms with Gasteiger partial charge in [-0.15, -0.1) is 0 Å². The summed E-state index contributed by atoms with van der Waals surface area (Å²) in [6, 6.07) is 5.23. The first kappa shape index (κ1) is 12.6. The summed E-state index contributed by atoms with van der Waals surface area (Å²) in [6.45, 7) is 1.84.